The molecule has 6 nitrogen and oxygen atoms in total. The Morgan fingerprint density at radius 2 is 2.18 bits per heavy atom. The van der Waals surface area contributed by atoms with Crippen molar-refractivity contribution in [3.8, 4) is 0 Å². The minimum Gasteiger partial charge on any atom is -0.458 e. The molecule has 1 aliphatic carbocycles. The summed E-state index contributed by atoms with van der Waals surface area (Å²) in [5.74, 6) is -0.338. The van der Waals surface area contributed by atoms with Crippen LogP contribution in [0.2, 0.25) is 0 Å². The SMILES string of the molecule is O=C(OC1CCCC1)c1cn(C2CNC2)nn1. The molecule has 2 aliphatic rings. The summed E-state index contributed by atoms with van der Waals surface area (Å²) < 4.78 is 7.11. The maximum absolute atomic E-state index is 11.8. The van der Waals surface area contributed by atoms with Crippen LogP contribution in [0.1, 0.15) is 42.2 Å². The molecule has 0 aromatic carbocycles. The molecule has 0 spiro atoms. The molecule has 0 amide bonds. The molecule has 1 saturated heterocycles. The Bertz CT molecular complexity index is 407. The first-order chi connectivity index (χ1) is 8.33. The first-order valence-corrected chi connectivity index (χ1v) is 6.16. The molecule has 1 aromatic rings. The number of nitrogens with one attached hydrogen (secondary N) is 1. The number of nitrogens with zero attached hydrogens (tertiary/aromatic N) is 3. The van der Waals surface area contributed by atoms with Gasteiger partial charge in [0.25, 0.3) is 0 Å². The van der Waals surface area contributed by atoms with Crippen LogP contribution in [0.5, 0.6) is 0 Å². The Balaban J connectivity index is 1.62. The van der Waals surface area contributed by atoms with Crippen LogP contribution >= 0.6 is 0 Å². The summed E-state index contributed by atoms with van der Waals surface area (Å²) in [6.45, 7) is 1.78. The van der Waals surface area contributed by atoms with E-state index in [-0.39, 0.29) is 12.1 Å². The topological polar surface area (TPSA) is 69.0 Å². The van der Waals surface area contributed by atoms with E-state index in [0.717, 1.165) is 38.8 Å². The average Bonchev–Trinajstić information content (AvgIpc) is 2.85. The van der Waals surface area contributed by atoms with E-state index in [9.17, 15) is 4.79 Å². The number of carbonyl (C=O) groups is 1. The molecular weight excluding hydrogens is 220 g/mol. The van der Waals surface area contributed by atoms with Gasteiger partial charge in [-0.3, -0.25) is 0 Å². The molecule has 92 valence electrons. The van der Waals surface area contributed by atoms with Crippen molar-refractivity contribution in [1.82, 2.24) is 20.3 Å². The van der Waals surface area contributed by atoms with Gasteiger partial charge in [-0.1, -0.05) is 5.21 Å². The van der Waals surface area contributed by atoms with E-state index >= 15 is 0 Å². The molecule has 1 aliphatic heterocycles. The second-order valence-electron chi connectivity index (χ2n) is 4.71. The van der Waals surface area contributed by atoms with Crippen molar-refractivity contribution >= 4 is 5.97 Å². The fourth-order valence-corrected chi connectivity index (χ4v) is 2.23. The predicted octanol–water partition coefficient (Wildman–Crippen LogP) is 0.522. The van der Waals surface area contributed by atoms with Gasteiger partial charge in [0, 0.05) is 13.1 Å². The third-order valence-corrected chi connectivity index (χ3v) is 3.43. The lowest BCUT2D eigenvalue weighted by Crippen LogP contribution is -2.43. The van der Waals surface area contributed by atoms with E-state index in [1.807, 2.05) is 0 Å². The highest BCUT2D eigenvalue weighted by atomic mass is 16.5. The number of esters is 1. The standard InChI is InChI=1S/C11H16N4O2/c16-11(17-9-3-1-2-4-9)10-7-15(14-13-10)8-5-12-6-8/h7-9,12H,1-6H2. The van der Waals surface area contributed by atoms with Crippen molar-refractivity contribution in [2.75, 3.05) is 13.1 Å². The Morgan fingerprint density at radius 3 is 2.82 bits per heavy atom. The molecule has 3 rings (SSSR count). The Hall–Kier alpha value is -1.43. The normalized spacial score (nSPS) is 21.4. The average molecular weight is 236 g/mol. The second-order valence-corrected chi connectivity index (χ2v) is 4.71. The van der Waals surface area contributed by atoms with Crippen molar-refractivity contribution in [3.05, 3.63) is 11.9 Å². The zero-order valence-corrected chi connectivity index (χ0v) is 9.63. The lowest BCUT2D eigenvalue weighted by molar-refractivity contribution is 0.0310. The maximum atomic E-state index is 11.8. The van der Waals surface area contributed by atoms with Gasteiger partial charge >= 0.3 is 5.97 Å². The van der Waals surface area contributed by atoms with E-state index in [4.69, 9.17) is 4.74 Å². The molecule has 1 saturated carbocycles. The molecule has 1 N–H and O–H groups in total. The maximum Gasteiger partial charge on any atom is 0.360 e. The van der Waals surface area contributed by atoms with Gasteiger partial charge in [-0.25, -0.2) is 9.48 Å². The summed E-state index contributed by atoms with van der Waals surface area (Å²) in [7, 11) is 0. The highest BCUT2D eigenvalue weighted by Crippen LogP contribution is 2.22. The number of carbonyl (C=O) groups excluding carboxylic acids is 1. The zero-order valence-electron chi connectivity index (χ0n) is 9.63. The van der Waals surface area contributed by atoms with Crippen LogP contribution in [0.15, 0.2) is 6.20 Å². The fourth-order valence-electron chi connectivity index (χ4n) is 2.23. The minimum absolute atomic E-state index is 0.0815. The minimum atomic E-state index is -0.338. The van der Waals surface area contributed by atoms with E-state index in [1.54, 1.807) is 10.9 Å². The summed E-state index contributed by atoms with van der Waals surface area (Å²) in [5.41, 5.74) is 0.323. The fraction of sp³-hybridized carbons (Fsp3) is 0.727. The summed E-state index contributed by atoms with van der Waals surface area (Å²) >= 11 is 0. The lowest BCUT2D eigenvalue weighted by atomic mass is 10.2. The first kappa shape index (κ1) is 10.7. The van der Waals surface area contributed by atoms with Crippen LogP contribution in [0.4, 0.5) is 0 Å². The van der Waals surface area contributed by atoms with Gasteiger partial charge in [-0.2, -0.15) is 0 Å². The summed E-state index contributed by atoms with van der Waals surface area (Å²) in [4.78, 5) is 11.8. The molecule has 0 unspecified atom stereocenters. The van der Waals surface area contributed by atoms with Crippen molar-refractivity contribution in [1.29, 1.82) is 0 Å². The van der Waals surface area contributed by atoms with Gasteiger partial charge in [0.15, 0.2) is 5.69 Å². The van der Waals surface area contributed by atoms with E-state index < -0.39 is 0 Å². The number of ether oxygens (including phenoxy) is 1. The predicted molar refractivity (Wildman–Crippen MR) is 59.6 cm³/mol. The van der Waals surface area contributed by atoms with Gasteiger partial charge in [0.05, 0.1) is 12.2 Å². The van der Waals surface area contributed by atoms with Crippen molar-refractivity contribution in [2.45, 2.75) is 37.8 Å². The van der Waals surface area contributed by atoms with Crippen LogP contribution in [-0.2, 0) is 4.74 Å². The number of hydrogen-bond acceptors (Lipinski definition) is 5. The van der Waals surface area contributed by atoms with E-state index in [0.29, 0.717) is 11.7 Å². The van der Waals surface area contributed by atoms with Gasteiger partial charge in [-0.05, 0) is 25.7 Å². The first-order valence-electron chi connectivity index (χ1n) is 6.16. The molecule has 2 heterocycles. The van der Waals surface area contributed by atoms with Crippen LogP contribution in [-0.4, -0.2) is 40.2 Å². The largest absolute Gasteiger partial charge is 0.458 e. The van der Waals surface area contributed by atoms with Crippen molar-refractivity contribution < 1.29 is 9.53 Å². The van der Waals surface area contributed by atoms with Crippen molar-refractivity contribution in [2.24, 2.45) is 0 Å². The Kier molecular flexibility index (Phi) is 2.80. The van der Waals surface area contributed by atoms with Gasteiger partial charge < -0.3 is 10.1 Å². The van der Waals surface area contributed by atoms with E-state index in [1.165, 1.54) is 0 Å². The third kappa shape index (κ3) is 2.17. The third-order valence-electron chi connectivity index (χ3n) is 3.43. The molecule has 0 atom stereocenters. The van der Waals surface area contributed by atoms with Crippen LogP contribution in [0.3, 0.4) is 0 Å². The molecule has 6 heteroatoms. The van der Waals surface area contributed by atoms with E-state index in [2.05, 4.69) is 15.6 Å². The summed E-state index contributed by atoms with van der Waals surface area (Å²) in [6.07, 6.45) is 6.02. The highest BCUT2D eigenvalue weighted by molar-refractivity contribution is 5.86. The van der Waals surface area contributed by atoms with Gasteiger partial charge in [0.2, 0.25) is 0 Å². The van der Waals surface area contributed by atoms with Crippen molar-refractivity contribution in [3.63, 3.8) is 0 Å². The Morgan fingerprint density at radius 1 is 1.41 bits per heavy atom. The second kappa shape index (κ2) is 4.44. The number of hydrogen-bond donors (Lipinski definition) is 1. The quantitative estimate of drug-likeness (QED) is 0.775. The smallest absolute Gasteiger partial charge is 0.360 e. The van der Waals surface area contributed by atoms with Gasteiger partial charge in [-0.15, -0.1) is 5.10 Å². The van der Waals surface area contributed by atoms with Crippen LogP contribution < -0.4 is 5.32 Å². The number of rotatable bonds is 3. The lowest BCUT2D eigenvalue weighted by Gasteiger charge is -2.26. The highest BCUT2D eigenvalue weighted by Gasteiger charge is 2.24. The molecule has 2 fully saturated rings. The monoisotopic (exact) mass is 236 g/mol. The molecular formula is C11H16N4O2. The number of aromatic nitrogens is 3. The van der Waals surface area contributed by atoms with Crippen LogP contribution in [0.25, 0.3) is 0 Å². The molecule has 17 heavy (non-hydrogen) atoms. The summed E-state index contributed by atoms with van der Waals surface area (Å²) in [5, 5.41) is 11.0. The molecule has 0 radical (unpaired) electrons. The zero-order chi connectivity index (χ0) is 11.7. The molecule has 1 aromatic heterocycles. The van der Waals surface area contributed by atoms with Gasteiger partial charge in [0.1, 0.15) is 6.10 Å². The summed E-state index contributed by atoms with van der Waals surface area (Å²) in [6, 6.07) is 0.329. The Labute approximate surface area is 99.3 Å². The van der Waals surface area contributed by atoms with Crippen LogP contribution in [0, 0.1) is 0 Å². The molecule has 0 bridgehead atoms.